The summed E-state index contributed by atoms with van der Waals surface area (Å²) in [5.74, 6) is 0.662. The van der Waals surface area contributed by atoms with Crippen LogP contribution in [0.4, 0.5) is 0 Å². The van der Waals surface area contributed by atoms with E-state index >= 15 is 0 Å². The van der Waals surface area contributed by atoms with Gasteiger partial charge in [-0.05, 0) is 58.8 Å². The Kier molecular flexibility index (Phi) is 4.62. The lowest BCUT2D eigenvalue weighted by Gasteiger charge is -2.20. The first kappa shape index (κ1) is 13.4. The second kappa shape index (κ2) is 6.21. The highest BCUT2D eigenvalue weighted by atomic mass is 79.9. The molecule has 0 unspecified atom stereocenters. The van der Waals surface area contributed by atoms with Gasteiger partial charge in [0.2, 0.25) is 0 Å². The molecule has 2 rings (SSSR count). The van der Waals surface area contributed by atoms with Crippen molar-refractivity contribution in [2.24, 2.45) is 0 Å². The summed E-state index contributed by atoms with van der Waals surface area (Å²) in [5.41, 5.74) is 3.19. The van der Waals surface area contributed by atoms with Crippen LogP contribution in [0.1, 0.15) is 29.5 Å². The van der Waals surface area contributed by atoms with Gasteiger partial charge in [0.15, 0.2) is 5.75 Å². The Hall–Kier alpha value is -1.05. The van der Waals surface area contributed by atoms with Crippen LogP contribution in [-0.4, -0.2) is 20.3 Å². The summed E-state index contributed by atoms with van der Waals surface area (Å²) in [5, 5.41) is 9.22. The zero-order chi connectivity index (χ0) is 13.0. The molecule has 18 heavy (non-hydrogen) atoms. The lowest BCUT2D eigenvalue weighted by Crippen LogP contribution is -2.10. The Morgan fingerprint density at radius 3 is 2.83 bits per heavy atom. The summed E-state index contributed by atoms with van der Waals surface area (Å²) >= 11 is 3.59. The van der Waals surface area contributed by atoms with Gasteiger partial charge in [-0.3, -0.25) is 0 Å². The molecule has 0 bridgehead atoms. The number of hydrogen-bond acceptors (Lipinski definition) is 3. The first-order chi connectivity index (χ1) is 8.77. The third-order valence-corrected chi connectivity index (χ3v) is 4.03. The Bertz CT molecular complexity index is 480. The Labute approximate surface area is 116 Å². The van der Waals surface area contributed by atoms with Gasteiger partial charge in [0.1, 0.15) is 12.7 Å². The molecule has 0 heterocycles. The molecule has 0 radical (unpaired) electrons. The number of methoxy groups -OCH3 is 1. The minimum absolute atomic E-state index is 0.461. The Morgan fingerprint density at radius 1 is 1.33 bits per heavy atom. The summed E-state index contributed by atoms with van der Waals surface area (Å²) in [6.45, 7) is 0.983. The predicted molar refractivity (Wildman–Crippen MR) is 72.9 cm³/mol. The molecule has 96 valence electrons. The first-order valence-electron chi connectivity index (χ1n) is 6.14. The zero-order valence-corrected chi connectivity index (χ0v) is 12.0. The van der Waals surface area contributed by atoms with Crippen molar-refractivity contribution in [2.75, 3.05) is 20.3 Å². The number of fused-ring (bicyclic) bond motifs is 1. The van der Waals surface area contributed by atoms with Crippen molar-refractivity contribution in [2.45, 2.75) is 25.7 Å². The Balaban J connectivity index is 2.35. The van der Waals surface area contributed by atoms with E-state index in [9.17, 15) is 5.26 Å². The fourth-order valence-corrected chi connectivity index (χ4v) is 3.07. The van der Waals surface area contributed by atoms with Crippen LogP contribution in [0.3, 0.4) is 0 Å². The maximum Gasteiger partial charge on any atom is 0.151 e. The van der Waals surface area contributed by atoms with E-state index in [4.69, 9.17) is 9.47 Å². The summed E-state index contributed by atoms with van der Waals surface area (Å²) in [7, 11) is 1.64. The lowest BCUT2D eigenvalue weighted by molar-refractivity contribution is 0.145. The maximum absolute atomic E-state index is 9.22. The molecule has 0 fully saturated rings. The van der Waals surface area contributed by atoms with Crippen molar-refractivity contribution in [3.05, 3.63) is 27.2 Å². The van der Waals surface area contributed by atoms with Crippen LogP contribution >= 0.6 is 15.9 Å². The number of rotatable bonds is 4. The number of nitrogens with zero attached hydrogens (tertiary/aromatic N) is 1. The van der Waals surface area contributed by atoms with E-state index in [-0.39, 0.29) is 0 Å². The van der Waals surface area contributed by atoms with E-state index < -0.39 is 0 Å². The summed E-state index contributed by atoms with van der Waals surface area (Å²) < 4.78 is 11.6. The van der Waals surface area contributed by atoms with Crippen molar-refractivity contribution < 1.29 is 9.47 Å². The number of benzene rings is 1. The van der Waals surface area contributed by atoms with E-state index in [2.05, 4.69) is 22.0 Å². The molecule has 0 saturated heterocycles. The second-order valence-corrected chi connectivity index (χ2v) is 5.16. The van der Waals surface area contributed by atoms with Gasteiger partial charge in [-0.2, -0.15) is 5.26 Å². The molecule has 3 nitrogen and oxygen atoms in total. The molecule has 1 aromatic carbocycles. The van der Waals surface area contributed by atoms with Crippen LogP contribution < -0.4 is 4.74 Å². The summed E-state index contributed by atoms with van der Waals surface area (Å²) in [6, 6.07) is 4.19. The molecule has 0 aromatic heterocycles. The molecule has 1 aromatic rings. The third-order valence-electron chi connectivity index (χ3n) is 3.19. The fraction of sp³-hybridized carbons (Fsp3) is 0.500. The van der Waals surface area contributed by atoms with Crippen LogP contribution in [0.25, 0.3) is 0 Å². The number of nitriles is 1. The lowest BCUT2D eigenvalue weighted by atomic mass is 9.90. The average Bonchev–Trinajstić information content (AvgIpc) is 2.41. The average molecular weight is 310 g/mol. The van der Waals surface area contributed by atoms with Crippen molar-refractivity contribution in [1.29, 1.82) is 5.26 Å². The predicted octanol–water partition coefficient (Wildman–Crippen LogP) is 3.22. The van der Waals surface area contributed by atoms with Crippen LogP contribution in [0.2, 0.25) is 0 Å². The first-order valence-corrected chi connectivity index (χ1v) is 6.93. The van der Waals surface area contributed by atoms with Crippen LogP contribution in [-0.2, 0) is 17.6 Å². The molecular weight excluding hydrogens is 294 g/mol. The van der Waals surface area contributed by atoms with Crippen molar-refractivity contribution >= 4 is 15.9 Å². The van der Waals surface area contributed by atoms with E-state index in [0.717, 1.165) is 17.3 Å². The molecule has 1 aliphatic rings. The summed E-state index contributed by atoms with van der Waals surface area (Å²) in [4.78, 5) is 0. The summed E-state index contributed by atoms with van der Waals surface area (Å²) in [6.07, 6.45) is 4.52. The van der Waals surface area contributed by atoms with E-state index in [1.165, 1.54) is 24.0 Å². The van der Waals surface area contributed by atoms with Crippen molar-refractivity contribution in [3.63, 3.8) is 0 Å². The van der Waals surface area contributed by atoms with Crippen molar-refractivity contribution in [3.8, 4) is 11.8 Å². The number of hydrogen-bond donors (Lipinski definition) is 0. The smallest absolute Gasteiger partial charge is 0.151 e. The van der Waals surface area contributed by atoms with Gasteiger partial charge in [-0.15, -0.1) is 0 Å². The van der Waals surface area contributed by atoms with Crippen LogP contribution in [0, 0.1) is 11.3 Å². The van der Waals surface area contributed by atoms with Gasteiger partial charge in [-0.1, -0.05) is 0 Å². The molecular formula is C14H16BrNO2. The molecule has 1 aliphatic carbocycles. The van der Waals surface area contributed by atoms with E-state index in [1.807, 2.05) is 6.07 Å². The topological polar surface area (TPSA) is 42.2 Å². The molecule has 0 N–H and O–H groups in total. The molecule has 0 atom stereocenters. The van der Waals surface area contributed by atoms with Gasteiger partial charge >= 0.3 is 0 Å². The minimum atomic E-state index is 0.461. The highest BCUT2D eigenvalue weighted by Crippen LogP contribution is 2.38. The van der Waals surface area contributed by atoms with Gasteiger partial charge in [0, 0.05) is 7.11 Å². The normalized spacial score (nSPS) is 13.8. The number of ether oxygens (including phenoxy) is 2. The maximum atomic E-state index is 9.22. The largest absolute Gasteiger partial charge is 0.489 e. The second-order valence-electron chi connectivity index (χ2n) is 4.37. The van der Waals surface area contributed by atoms with Gasteiger partial charge in [-0.25, -0.2) is 0 Å². The SMILES string of the molecule is COCCOc1c(C#N)cc2c(c1Br)CCCC2. The molecule has 0 spiro atoms. The quantitative estimate of drug-likeness (QED) is 0.802. The van der Waals surface area contributed by atoms with Gasteiger partial charge in [0.25, 0.3) is 0 Å². The van der Waals surface area contributed by atoms with Crippen molar-refractivity contribution in [1.82, 2.24) is 0 Å². The fourth-order valence-electron chi connectivity index (χ4n) is 2.28. The van der Waals surface area contributed by atoms with Crippen LogP contribution in [0.15, 0.2) is 10.5 Å². The molecule has 4 heteroatoms. The highest BCUT2D eigenvalue weighted by molar-refractivity contribution is 9.10. The van der Waals surface area contributed by atoms with Crippen LogP contribution in [0.5, 0.6) is 5.75 Å². The minimum Gasteiger partial charge on any atom is -0.489 e. The molecule has 0 saturated carbocycles. The van der Waals surface area contributed by atoms with E-state index in [1.54, 1.807) is 7.11 Å². The van der Waals surface area contributed by atoms with E-state index in [0.29, 0.717) is 24.5 Å². The van der Waals surface area contributed by atoms with Gasteiger partial charge in [0.05, 0.1) is 16.6 Å². The monoisotopic (exact) mass is 309 g/mol. The standard InChI is InChI=1S/C14H16BrNO2/c1-17-6-7-18-14-11(9-16)8-10-4-2-3-5-12(10)13(14)15/h8H,2-7H2,1H3. The van der Waals surface area contributed by atoms with Gasteiger partial charge < -0.3 is 9.47 Å². The highest BCUT2D eigenvalue weighted by Gasteiger charge is 2.19. The molecule has 0 aliphatic heterocycles. The molecule has 0 amide bonds. The number of aryl methyl sites for hydroxylation is 1. The Morgan fingerprint density at radius 2 is 2.11 bits per heavy atom. The third kappa shape index (κ3) is 2.68. The number of halogens is 1. The zero-order valence-electron chi connectivity index (χ0n) is 10.5.